The summed E-state index contributed by atoms with van der Waals surface area (Å²) in [7, 11) is 0. The molecule has 2 rings (SSSR count). The zero-order valence-corrected chi connectivity index (χ0v) is 14.6. The molecular formula is C17H20FN3S2. The molecule has 23 heavy (non-hydrogen) atoms. The van der Waals surface area contributed by atoms with Crippen LogP contribution in [0.25, 0.3) is 0 Å². The molecule has 0 aliphatic heterocycles. The van der Waals surface area contributed by atoms with Crippen molar-refractivity contribution in [2.45, 2.75) is 19.1 Å². The van der Waals surface area contributed by atoms with Crippen molar-refractivity contribution in [3.8, 4) is 0 Å². The number of hydrogen-bond acceptors (Lipinski definition) is 3. The van der Waals surface area contributed by atoms with Gasteiger partial charge in [-0.15, -0.1) is 0 Å². The standard InChI is InChI=1S/C17H20FN3S2/c1-13-7-9-19-16(11-13)21-17(22)20-8-2-10-23-12-14-3-5-15(18)6-4-14/h3-7,9,11H,2,8,10,12H2,1H3,(H2,19,20,21,22). The number of pyridine rings is 1. The van der Waals surface area contributed by atoms with Crippen molar-refractivity contribution >= 4 is 34.9 Å². The Kier molecular flexibility index (Phi) is 7.29. The molecule has 1 aromatic heterocycles. The second-order valence-corrected chi connectivity index (χ2v) is 6.65. The number of nitrogens with zero attached hydrogens (tertiary/aromatic N) is 1. The summed E-state index contributed by atoms with van der Waals surface area (Å²) < 4.78 is 12.8. The molecule has 1 heterocycles. The molecule has 6 heteroatoms. The minimum Gasteiger partial charge on any atom is -0.362 e. The van der Waals surface area contributed by atoms with E-state index in [4.69, 9.17) is 12.2 Å². The Morgan fingerprint density at radius 2 is 2.04 bits per heavy atom. The highest BCUT2D eigenvalue weighted by atomic mass is 32.2. The van der Waals surface area contributed by atoms with Crippen LogP contribution in [0.3, 0.4) is 0 Å². The van der Waals surface area contributed by atoms with Gasteiger partial charge in [0.2, 0.25) is 0 Å². The normalized spacial score (nSPS) is 10.3. The van der Waals surface area contributed by atoms with Gasteiger partial charge in [-0.05, 0) is 66.7 Å². The number of thioether (sulfide) groups is 1. The molecule has 0 spiro atoms. The summed E-state index contributed by atoms with van der Waals surface area (Å²) in [6.45, 7) is 2.83. The molecule has 2 N–H and O–H groups in total. The molecule has 3 nitrogen and oxygen atoms in total. The third kappa shape index (κ3) is 6.97. The SMILES string of the molecule is Cc1ccnc(NC(=S)NCCCSCc2ccc(F)cc2)c1. The van der Waals surface area contributed by atoms with Gasteiger partial charge in [0.15, 0.2) is 5.11 Å². The van der Waals surface area contributed by atoms with Gasteiger partial charge in [0, 0.05) is 18.5 Å². The van der Waals surface area contributed by atoms with E-state index in [2.05, 4.69) is 15.6 Å². The quantitative estimate of drug-likeness (QED) is 0.580. The van der Waals surface area contributed by atoms with Crippen LogP contribution in [0.15, 0.2) is 42.6 Å². The summed E-state index contributed by atoms with van der Waals surface area (Å²) in [5.41, 5.74) is 2.29. The number of benzene rings is 1. The van der Waals surface area contributed by atoms with Gasteiger partial charge >= 0.3 is 0 Å². The molecule has 0 aliphatic rings. The van der Waals surface area contributed by atoms with Crippen LogP contribution in [0, 0.1) is 12.7 Å². The fourth-order valence-electron chi connectivity index (χ4n) is 1.91. The van der Waals surface area contributed by atoms with Crippen molar-refractivity contribution in [1.29, 1.82) is 0 Å². The van der Waals surface area contributed by atoms with Gasteiger partial charge in [0.25, 0.3) is 0 Å². The minimum absolute atomic E-state index is 0.188. The first-order valence-corrected chi connectivity index (χ1v) is 8.99. The van der Waals surface area contributed by atoms with Crippen LogP contribution in [0.1, 0.15) is 17.5 Å². The lowest BCUT2D eigenvalue weighted by Gasteiger charge is -2.10. The van der Waals surface area contributed by atoms with E-state index in [-0.39, 0.29) is 5.82 Å². The average molecular weight is 350 g/mol. The predicted octanol–water partition coefficient (Wildman–Crippen LogP) is 4.14. The molecule has 0 saturated carbocycles. The number of rotatable bonds is 7. The van der Waals surface area contributed by atoms with E-state index < -0.39 is 0 Å². The predicted molar refractivity (Wildman–Crippen MR) is 100 cm³/mol. The molecule has 0 amide bonds. The average Bonchev–Trinajstić information content (AvgIpc) is 2.52. The number of anilines is 1. The summed E-state index contributed by atoms with van der Waals surface area (Å²) in [4.78, 5) is 4.21. The van der Waals surface area contributed by atoms with Crippen molar-refractivity contribution < 1.29 is 4.39 Å². The molecule has 1 aromatic carbocycles. The molecule has 2 aromatic rings. The van der Waals surface area contributed by atoms with Crippen molar-refractivity contribution in [3.63, 3.8) is 0 Å². The number of hydrogen-bond donors (Lipinski definition) is 2. The van der Waals surface area contributed by atoms with E-state index in [1.165, 1.54) is 12.1 Å². The maximum Gasteiger partial charge on any atom is 0.171 e. The van der Waals surface area contributed by atoms with Crippen molar-refractivity contribution in [2.75, 3.05) is 17.6 Å². The van der Waals surface area contributed by atoms with E-state index in [0.29, 0.717) is 5.11 Å². The second-order valence-electron chi connectivity index (χ2n) is 5.13. The van der Waals surface area contributed by atoms with Crippen LogP contribution in [0.2, 0.25) is 0 Å². The Hall–Kier alpha value is -1.66. The lowest BCUT2D eigenvalue weighted by atomic mass is 10.2. The number of thiocarbonyl (C=S) groups is 1. The molecule has 0 aliphatic carbocycles. The summed E-state index contributed by atoms with van der Waals surface area (Å²) in [5.74, 6) is 2.49. The third-order valence-corrected chi connectivity index (χ3v) is 4.45. The van der Waals surface area contributed by atoms with E-state index in [1.54, 1.807) is 6.20 Å². The highest BCUT2D eigenvalue weighted by Gasteiger charge is 1.99. The summed E-state index contributed by atoms with van der Waals surface area (Å²) >= 11 is 7.07. The Balaban J connectivity index is 1.56. The molecule has 122 valence electrons. The third-order valence-electron chi connectivity index (χ3n) is 3.09. The Morgan fingerprint density at radius 3 is 2.78 bits per heavy atom. The summed E-state index contributed by atoms with van der Waals surface area (Å²) in [6.07, 6.45) is 2.77. The van der Waals surface area contributed by atoms with E-state index in [0.717, 1.165) is 41.4 Å². The van der Waals surface area contributed by atoms with Gasteiger partial charge in [-0.25, -0.2) is 9.37 Å². The van der Waals surface area contributed by atoms with Crippen LogP contribution < -0.4 is 10.6 Å². The second kappa shape index (κ2) is 9.47. The molecule has 0 radical (unpaired) electrons. The molecule has 0 unspecified atom stereocenters. The number of aromatic nitrogens is 1. The van der Waals surface area contributed by atoms with Gasteiger partial charge in [-0.3, -0.25) is 0 Å². The first-order valence-electron chi connectivity index (χ1n) is 7.43. The molecule has 0 bridgehead atoms. The van der Waals surface area contributed by atoms with Gasteiger partial charge in [0.1, 0.15) is 11.6 Å². The highest BCUT2D eigenvalue weighted by Crippen LogP contribution is 2.13. The molecule has 0 saturated heterocycles. The van der Waals surface area contributed by atoms with Crippen molar-refractivity contribution in [2.24, 2.45) is 0 Å². The molecule has 0 fully saturated rings. The lowest BCUT2D eigenvalue weighted by molar-refractivity contribution is 0.627. The topological polar surface area (TPSA) is 37.0 Å². The highest BCUT2D eigenvalue weighted by molar-refractivity contribution is 7.98. The number of halogens is 1. The first-order chi connectivity index (χ1) is 11.1. The van der Waals surface area contributed by atoms with Gasteiger partial charge in [-0.2, -0.15) is 11.8 Å². The number of aryl methyl sites for hydroxylation is 1. The largest absolute Gasteiger partial charge is 0.362 e. The van der Waals surface area contributed by atoms with Crippen LogP contribution in [0.5, 0.6) is 0 Å². The maximum atomic E-state index is 12.8. The fourth-order valence-corrected chi connectivity index (χ4v) is 3.04. The smallest absolute Gasteiger partial charge is 0.171 e. The van der Waals surface area contributed by atoms with Crippen molar-refractivity contribution in [3.05, 3.63) is 59.5 Å². The Labute approximate surface area is 146 Å². The first kappa shape index (κ1) is 17.7. The Morgan fingerprint density at radius 1 is 1.26 bits per heavy atom. The molecule has 0 atom stereocenters. The van der Waals surface area contributed by atoms with Gasteiger partial charge in [0.05, 0.1) is 0 Å². The van der Waals surface area contributed by atoms with E-state index in [9.17, 15) is 4.39 Å². The van der Waals surface area contributed by atoms with Crippen LogP contribution in [-0.2, 0) is 5.75 Å². The number of nitrogens with one attached hydrogen (secondary N) is 2. The maximum absolute atomic E-state index is 12.8. The fraction of sp³-hybridized carbons (Fsp3) is 0.294. The monoisotopic (exact) mass is 349 g/mol. The van der Waals surface area contributed by atoms with Gasteiger partial charge in [-0.1, -0.05) is 12.1 Å². The lowest BCUT2D eigenvalue weighted by Crippen LogP contribution is -2.29. The molecular weight excluding hydrogens is 329 g/mol. The summed E-state index contributed by atoms with van der Waals surface area (Å²) in [6, 6.07) is 10.6. The zero-order chi connectivity index (χ0) is 16.5. The van der Waals surface area contributed by atoms with E-state index in [1.807, 2.05) is 43.0 Å². The zero-order valence-electron chi connectivity index (χ0n) is 13.0. The minimum atomic E-state index is -0.188. The van der Waals surface area contributed by atoms with Crippen molar-refractivity contribution in [1.82, 2.24) is 10.3 Å². The van der Waals surface area contributed by atoms with Crippen LogP contribution >= 0.6 is 24.0 Å². The van der Waals surface area contributed by atoms with Gasteiger partial charge < -0.3 is 10.6 Å². The Bertz CT molecular complexity index is 632. The van der Waals surface area contributed by atoms with Crippen LogP contribution in [0.4, 0.5) is 10.2 Å². The van der Waals surface area contributed by atoms with Crippen LogP contribution in [-0.4, -0.2) is 22.4 Å². The summed E-state index contributed by atoms with van der Waals surface area (Å²) in [5, 5.41) is 6.84. The van der Waals surface area contributed by atoms with E-state index >= 15 is 0 Å².